The molecule has 0 amide bonds. The Balaban J connectivity index is 1.52. The molecule has 0 aromatic carbocycles. The summed E-state index contributed by atoms with van der Waals surface area (Å²) in [6.07, 6.45) is 2.39. The van der Waals surface area contributed by atoms with Crippen LogP contribution in [0, 0.1) is 6.92 Å². The molecule has 2 aliphatic rings. The number of aromatic nitrogens is 5. The third-order valence-electron chi connectivity index (χ3n) is 4.27. The second kappa shape index (κ2) is 4.37. The van der Waals surface area contributed by atoms with Crippen LogP contribution in [-0.4, -0.2) is 36.3 Å². The minimum atomic E-state index is 0.126. The van der Waals surface area contributed by atoms with Crippen molar-refractivity contribution in [3.8, 4) is 0 Å². The van der Waals surface area contributed by atoms with Crippen LogP contribution in [0.2, 0.25) is 0 Å². The standard InChI is InChI=1S/C13H18N6O/c1-8(13-14-12(17-20-13)10-3-4-10)18-5-6-19-9(2)15-16-11(19)7-18/h8,10H,3-7H2,1-2H3. The van der Waals surface area contributed by atoms with E-state index >= 15 is 0 Å². The van der Waals surface area contributed by atoms with Crippen LogP contribution in [0.3, 0.4) is 0 Å². The SMILES string of the molecule is Cc1nnc2n1CCN(C(C)c1nc(C3CC3)no1)C2. The van der Waals surface area contributed by atoms with Gasteiger partial charge in [0.2, 0.25) is 5.89 Å². The lowest BCUT2D eigenvalue weighted by Gasteiger charge is -2.30. The molecule has 106 valence electrons. The van der Waals surface area contributed by atoms with Gasteiger partial charge in [0.1, 0.15) is 11.6 Å². The molecule has 0 N–H and O–H groups in total. The number of hydrogen-bond acceptors (Lipinski definition) is 6. The normalized spacial score (nSPS) is 20.9. The molecule has 2 aromatic rings. The molecule has 1 aliphatic heterocycles. The van der Waals surface area contributed by atoms with Crippen LogP contribution in [-0.2, 0) is 13.1 Å². The van der Waals surface area contributed by atoms with Gasteiger partial charge in [0.05, 0.1) is 12.6 Å². The zero-order chi connectivity index (χ0) is 13.7. The Bertz CT molecular complexity index is 629. The first-order valence-electron chi connectivity index (χ1n) is 7.18. The Morgan fingerprint density at radius 2 is 2.10 bits per heavy atom. The van der Waals surface area contributed by atoms with Crippen molar-refractivity contribution in [2.45, 2.75) is 51.7 Å². The van der Waals surface area contributed by atoms with Gasteiger partial charge in [0.25, 0.3) is 0 Å². The molecule has 1 saturated carbocycles. The van der Waals surface area contributed by atoms with Gasteiger partial charge in [-0.15, -0.1) is 10.2 Å². The zero-order valence-corrected chi connectivity index (χ0v) is 11.8. The van der Waals surface area contributed by atoms with Crippen molar-refractivity contribution in [1.82, 2.24) is 29.8 Å². The fraction of sp³-hybridized carbons (Fsp3) is 0.692. The van der Waals surface area contributed by atoms with Crippen LogP contribution in [0.5, 0.6) is 0 Å². The third-order valence-corrected chi connectivity index (χ3v) is 4.27. The fourth-order valence-corrected chi connectivity index (χ4v) is 2.73. The highest BCUT2D eigenvalue weighted by Crippen LogP contribution is 2.38. The molecule has 7 nitrogen and oxygen atoms in total. The molecular formula is C13H18N6O. The molecule has 1 unspecified atom stereocenters. The van der Waals surface area contributed by atoms with Gasteiger partial charge in [-0.25, -0.2) is 0 Å². The molecule has 4 rings (SSSR count). The summed E-state index contributed by atoms with van der Waals surface area (Å²) in [4.78, 5) is 6.86. The molecule has 0 saturated heterocycles. The number of fused-ring (bicyclic) bond motifs is 1. The molecule has 7 heteroatoms. The zero-order valence-electron chi connectivity index (χ0n) is 11.8. The molecule has 1 atom stereocenters. The van der Waals surface area contributed by atoms with Crippen molar-refractivity contribution in [3.05, 3.63) is 23.4 Å². The Labute approximate surface area is 117 Å². The second-order valence-electron chi connectivity index (χ2n) is 5.73. The van der Waals surface area contributed by atoms with E-state index in [-0.39, 0.29) is 6.04 Å². The molecule has 2 aromatic heterocycles. The van der Waals surface area contributed by atoms with E-state index in [2.05, 4.69) is 36.7 Å². The number of aryl methyl sites for hydroxylation is 1. The molecule has 0 spiro atoms. The maximum absolute atomic E-state index is 5.43. The Morgan fingerprint density at radius 1 is 1.25 bits per heavy atom. The van der Waals surface area contributed by atoms with Crippen molar-refractivity contribution < 1.29 is 4.52 Å². The molecule has 1 aliphatic carbocycles. The van der Waals surface area contributed by atoms with E-state index in [0.717, 1.165) is 43.0 Å². The molecule has 0 bridgehead atoms. The molecule has 20 heavy (non-hydrogen) atoms. The molecular weight excluding hydrogens is 256 g/mol. The summed E-state index contributed by atoms with van der Waals surface area (Å²) in [5.74, 6) is 4.13. The van der Waals surface area contributed by atoms with E-state index in [1.807, 2.05) is 6.92 Å². The summed E-state index contributed by atoms with van der Waals surface area (Å²) >= 11 is 0. The lowest BCUT2D eigenvalue weighted by Crippen LogP contribution is -2.36. The summed E-state index contributed by atoms with van der Waals surface area (Å²) in [7, 11) is 0. The topological polar surface area (TPSA) is 72.9 Å². The summed E-state index contributed by atoms with van der Waals surface area (Å²) in [6, 6.07) is 0.126. The van der Waals surface area contributed by atoms with E-state index in [0.29, 0.717) is 5.92 Å². The first-order chi connectivity index (χ1) is 9.72. The average Bonchev–Trinajstić information content (AvgIpc) is 3.09. The lowest BCUT2D eigenvalue weighted by atomic mass is 10.2. The van der Waals surface area contributed by atoms with Crippen LogP contribution in [0.1, 0.15) is 55.1 Å². The van der Waals surface area contributed by atoms with Gasteiger partial charge in [-0.05, 0) is 26.7 Å². The quantitative estimate of drug-likeness (QED) is 0.843. The predicted octanol–water partition coefficient (Wildman–Crippen LogP) is 1.42. The van der Waals surface area contributed by atoms with Crippen molar-refractivity contribution in [2.75, 3.05) is 6.54 Å². The van der Waals surface area contributed by atoms with E-state index < -0.39 is 0 Å². The van der Waals surface area contributed by atoms with Gasteiger partial charge in [-0.1, -0.05) is 5.16 Å². The van der Waals surface area contributed by atoms with Gasteiger partial charge >= 0.3 is 0 Å². The van der Waals surface area contributed by atoms with Crippen LogP contribution in [0.25, 0.3) is 0 Å². The van der Waals surface area contributed by atoms with Gasteiger partial charge in [-0.2, -0.15) is 4.98 Å². The maximum atomic E-state index is 5.43. The highest BCUT2D eigenvalue weighted by molar-refractivity contribution is 5.05. The van der Waals surface area contributed by atoms with Crippen LogP contribution in [0.15, 0.2) is 4.52 Å². The number of hydrogen-bond donors (Lipinski definition) is 0. The first kappa shape index (κ1) is 12.0. The number of rotatable bonds is 3. The van der Waals surface area contributed by atoms with Gasteiger partial charge in [0, 0.05) is 19.0 Å². The van der Waals surface area contributed by atoms with Gasteiger partial charge < -0.3 is 9.09 Å². The molecule has 1 fully saturated rings. The number of nitrogens with zero attached hydrogens (tertiary/aromatic N) is 6. The van der Waals surface area contributed by atoms with Crippen molar-refractivity contribution in [3.63, 3.8) is 0 Å². The predicted molar refractivity (Wildman–Crippen MR) is 69.9 cm³/mol. The Hall–Kier alpha value is -1.76. The fourth-order valence-electron chi connectivity index (χ4n) is 2.73. The Kier molecular flexibility index (Phi) is 2.63. The molecule has 3 heterocycles. The minimum absolute atomic E-state index is 0.126. The average molecular weight is 274 g/mol. The van der Waals surface area contributed by atoms with Gasteiger partial charge in [0.15, 0.2) is 5.82 Å². The summed E-state index contributed by atoms with van der Waals surface area (Å²) in [5, 5.41) is 12.5. The molecule has 0 radical (unpaired) electrons. The largest absolute Gasteiger partial charge is 0.338 e. The smallest absolute Gasteiger partial charge is 0.243 e. The van der Waals surface area contributed by atoms with E-state index in [9.17, 15) is 0 Å². The summed E-state index contributed by atoms with van der Waals surface area (Å²) < 4.78 is 7.60. The van der Waals surface area contributed by atoms with E-state index in [4.69, 9.17) is 4.52 Å². The van der Waals surface area contributed by atoms with Crippen molar-refractivity contribution >= 4 is 0 Å². The van der Waals surface area contributed by atoms with Crippen molar-refractivity contribution in [2.24, 2.45) is 0 Å². The summed E-state index contributed by atoms with van der Waals surface area (Å²) in [6.45, 7) is 6.76. The minimum Gasteiger partial charge on any atom is -0.338 e. The van der Waals surface area contributed by atoms with Crippen molar-refractivity contribution in [1.29, 1.82) is 0 Å². The highest BCUT2D eigenvalue weighted by Gasteiger charge is 2.32. The van der Waals surface area contributed by atoms with Crippen LogP contribution >= 0.6 is 0 Å². The monoisotopic (exact) mass is 274 g/mol. The first-order valence-corrected chi connectivity index (χ1v) is 7.18. The Morgan fingerprint density at radius 3 is 2.90 bits per heavy atom. The van der Waals surface area contributed by atoms with E-state index in [1.54, 1.807) is 0 Å². The summed E-state index contributed by atoms with van der Waals surface area (Å²) in [5.41, 5.74) is 0. The van der Waals surface area contributed by atoms with Gasteiger partial charge in [-0.3, -0.25) is 4.90 Å². The van der Waals surface area contributed by atoms with Crippen LogP contribution in [0.4, 0.5) is 0 Å². The second-order valence-corrected chi connectivity index (χ2v) is 5.73. The van der Waals surface area contributed by atoms with Crippen LogP contribution < -0.4 is 0 Å². The maximum Gasteiger partial charge on any atom is 0.243 e. The third kappa shape index (κ3) is 1.93. The van der Waals surface area contributed by atoms with E-state index in [1.165, 1.54) is 12.8 Å². The highest BCUT2D eigenvalue weighted by atomic mass is 16.5. The lowest BCUT2D eigenvalue weighted by molar-refractivity contribution is 0.135.